The third-order valence-corrected chi connectivity index (χ3v) is 2.65. The molecule has 0 unspecified atom stereocenters. The van der Waals surface area contributed by atoms with Gasteiger partial charge in [-0.05, 0) is 20.8 Å². The van der Waals surface area contributed by atoms with Gasteiger partial charge in [-0.3, -0.25) is 9.63 Å². The van der Waals surface area contributed by atoms with Crippen molar-refractivity contribution in [3.05, 3.63) is 0 Å². The number of carboxylic acid groups (broad SMARTS) is 1. The zero-order valence-corrected chi connectivity index (χ0v) is 12.5. The van der Waals surface area contributed by atoms with Gasteiger partial charge in [-0.15, -0.1) is 0 Å². The molecule has 0 spiro atoms. The highest BCUT2D eigenvalue weighted by Crippen LogP contribution is 2.27. The summed E-state index contributed by atoms with van der Waals surface area (Å²) in [6, 6.07) is 0. The predicted octanol–water partition coefficient (Wildman–Crippen LogP) is 1.53. The van der Waals surface area contributed by atoms with Crippen molar-refractivity contribution in [1.82, 2.24) is 10.4 Å². The largest absolute Gasteiger partial charge is 0.481 e. The number of hydroxylamine groups is 1. The van der Waals surface area contributed by atoms with Gasteiger partial charge < -0.3 is 14.7 Å². The summed E-state index contributed by atoms with van der Waals surface area (Å²) >= 11 is 0. The molecule has 1 heterocycles. The van der Waals surface area contributed by atoms with E-state index < -0.39 is 42.4 Å². The van der Waals surface area contributed by atoms with Crippen molar-refractivity contribution in [3.63, 3.8) is 0 Å². The van der Waals surface area contributed by atoms with Crippen molar-refractivity contribution in [2.75, 3.05) is 19.7 Å². The van der Waals surface area contributed by atoms with E-state index in [1.165, 1.54) is 4.90 Å². The fourth-order valence-electron chi connectivity index (χ4n) is 1.91. The molecule has 1 rings (SSSR count). The third-order valence-electron chi connectivity index (χ3n) is 2.65. The van der Waals surface area contributed by atoms with Crippen LogP contribution in [0.15, 0.2) is 0 Å². The Balaban J connectivity index is 2.56. The highest BCUT2D eigenvalue weighted by Gasteiger charge is 2.49. The maximum absolute atomic E-state index is 12.0. The number of amides is 1. The number of rotatable bonds is 5. The smallest absolute Gasteiger partial charge is 0.413 e. The molecule has 0 aromatic rings. The van der Waals surface area contributed by atoms with E-state index in [2.05, 4.69) is 10.3 Å². The van der Waals surface area contributed by atoms with Crippen molar-refractivity contribution in [3.8, 4) is 0 Å². The van der Waals surface area contributed by atoms with Crippen LogP contribution in [-0.2, 0) is 14.4 Å². The number of ether oxygens (including phenoxy) is 1. The second-order valence-electron chi connectivity index (χ2n) is 6.19. The predicted molar refractivity (Wildman–Crippen MR) is 67.9 cm³/mol. The average molecular weight is 328 g/mol. The van der Waals surface area contributed by atoms with Crippen LogP contribution in [0.3, 0.4) is 0 Å². The monoisotopic (exact) mass is 328 g/mol. The molecule has 7 nitrogen and oxygen atoms in total. The molecular formula is C12H19F3N2O5. The summed E-state index contributed by atoms with van der Waals surface area (Å²) in [6.45, 7) is 3.21. The Hall–Kier alpha value is -1.55. The molecule has 0 aromatic heterocycles. The summed E-state index contributed by atoms with van der Waals surface area (Å²) in [5.41, 5.74) is 0.142. The minimum absolute atomic E-state index is 0.119. The van der Waals surface area contributed by atoms with Gasteiger partial charge in [-0.25, -0.2) is 4.79 Å². The zero-order valence-electron chi connectivity index (χ0n) is 12.5. The fourth-order valence-corrected chi connectivity index (χ4v) is 1.91. The Labute approximate surface area is 125 Å². The van der Waals surface area contributed by atoms with Gasteiger partial charge in [0.1, 0.15) is 5.60 Å². The van der Waals surface area contributed by atoms with E-state index in [0.29, 0.717) is 0 Å². The molecule has 0 atom stereocenters. The molecule has 1 amide bonds. The average Bonchev–Trinajstić information content (AvgIpc) is 2.19. The summed E-state index contributed by atoms with van der Waals surface area (Å²) in [6.07, 6.45) is -5.68. The van der Waals surface area contributed by atoms with E-state index in [9.17, 15) is 22.8 Å². The molecule has 1 aliphatic rings. The molecule has 22 heavy (non-hydrogen) atoms. The van der Waals surface area contributed by atoms with Crippen LogP contribution in [-0.4, -0.2) is 59.1 Å². The Morgan fingerprint density at radius 3 is 2.23 bits per heavy atom. The lowest BCUT2D eigenvalue weighted by atomic mass is 9.87. The summed E-state index contributed by atoms with van der Waals surface area (Å²) in [5, 5.41) is 8.83. The van der Waals surface area contributed by atoms with Crippen LogP contribution in [0.2, 0.25) is 0 Å². The van der Waals surface area contributed by atoms with Gasteiger partial charge in [0.05, 0.1) is 12.0 Å². The second-order valence-corrected chi connectivity index (χ2v) is 6.19. The molecule has 0 bridgehead atoms. The van der Waals surface area contributed by atoms with Gasteiger partial charge >= 0.3 is 18.2 Å². The topological polar surface area (TPSA) is 88.1 Å². The van der Waals surface area contributed by atoms with E-state index in [4.69, 9.17) is 9.84 Å². The molecule has 1 saturated heterocycles. The van der Waals surface area contributed by atoms with Crippen molar-refractivity contribution >= 4 is 12.1 Å². The zero-order chi connectivity index (χ0) is 17.2. The van der Waals surface area contributed by atoms with Crippen LogP contribution in [0.1, 0.15) is 27.2 Å². The first-order valence-corrected chi connectivity index (χ1v) is 6.47. The van der Waals surface area contributed by atoms with Crippen molar-refractivity contribution in [2.45, 2.75) is 44.5 Å². The number of carboxylic acids is 1. The van der Waals surface area contributed by atoms with Gasteiger partial charge in [0.25, 0.3) is 0 Å². The first kappa shape index (κ1) is 18.5. The molecule has 10 heteroatoms. The molecule has 0 aromatic carbocycles. The van der Waals surface area contributed by atoms with E-state index in [-0.39, 0.29) is 13.1 Å². The highest BCUT2D eigenvalue weighted by molar-refractivity contribution is 5.72. The number of nitrogens with one attached hydrogen (secondary N) is 1. The van der Waals surface area contributed by atoms with Gasteiger partial charge in [-0.1, -0.05) is 0 Å². The lowest BCUT2D eigenvalue weighted by molar-refractivity contribution is -0.208. The van der Waals surface area contributed by atoms with Crippen molar-refractivity contribution in [2.24, 2.45) is 0 Å². The highest BCUT2D eigenvalue weighted by atomic mass is 19.4. The van der Waals surface area contributed by atoms with Gasteiger partial charge in [0.2, 0.25) is 0 Å². The summed E-state index contributed by atoms with van der Waals surface area (Å²) in [7, 11) is 0. The summed E-state index contributed by atoms with van der Waals surface area (Å²) < 4.78 is 41.2. The minimum Gasteiger partial charge on any atom is -0.481 e. The number of nitrogens with zero attached hydrogens (tertiary/aromatic N) is 1. The Morgan fingerprint density at radius 2 is 1.82 bits per heavy atom. The Kier molecular flexibility index (Phi) is 5.29. The van der Waals surface area contributed by atoms with Gasteiger partial charge in [-0.2, -0.15) is 18.7 Å². The van der Waals surface area contributed by atoms with E-state index in [1.807, 2.05) is 0 Å². The minimum atomic E-state index is -4.54. The molecule has 0 aliphatic carbocycles. The summed E-state index contributed by atoms with van der Waals surface area (Å²) in [5.74, 6) is -1.22. The van der Waals surface area contributed by atoms with E-state index in [0.717, 1.165) is 0 Å². The van der Waals surface area contributed by atoms with Crippen LogP contribution in [0, 0.1) is 0 Å². The molecule has 0 radical (unpaired) electrons. The van der Waals surface area contributed by atoms with Crippen LogP contribution in [0.4, 0.5) is 18.0 Å². The number of hydrogen-bond donors (Lipinski definition) is 2. The Morgan fingerprint density at radius 1 is 1.27 bits per heavy atom. The van der Waals surface area contributed by atoms with Crippen LogP contribution in [0.5, 0.6) is 0 Å². The van der Waals surface area contributed by atoms with Gasteiger partial charge in [0, 0.05) is 13.1 Å². The number of carbonyl (C=O) groups excluding carboxylic acids is 1. The quantitative estimate of drug-likeness (QED) is 0.744. The molecule has 0 saturated carbocycles. The lowest BCUT2D eigenvalue weighted by Crippen LogP contribution is -2.71. The van der Waals surface area contributed by atoms with Crippen molar-refractivity contribution in [1.29, 1.82) is 0 Å². The standard InChI is InChI=1S/C12H19F3N2O5/c1-10(2,3)22-9(20)17-5-11(6-17,4-8(18)19)16-21-7-12(13,14)15/h16H,4-7H2,1-3H3,(H,18,19). The number of halogens is 3. The number of likely N-dealkylation sites (tertiary alicyclic amines) is 1. The molecule has 2 N–H and O–H groups in total. The Bertz CT molecular complexity index is 427. The molecule has 1 aliphatic heterocycles. The van der Waals surface area contributed by atoms with Crippen LogP contribution in [0.25, 0.3) is 0 Å². The number of hydrogen-bond acceptors (Lipinski definition) is 5. The van der Waals surface area contributed by atoms with Crippen molar-refractivity contribution < 1.29 is 37.4 Å². The SMILES string of the molecule is CC(C)(C)OC(=O)N1CC(CC(=O)O)(NOCC(F)(F)F)C1. The lowest BCUT2D eigenvalue weighted by Gasteiger charge is -2.48. The van der Waals surface area contributed by atoms with Crippen LogP contribution < -0.4 is 5.48 Å². The van der Waals surface area contributed by atoms with E-state index >= 15 is 0 Å². The molecular weight excluding hydrogens is 309 g/mol. The summed E-state index contributed by atoms with van der Waals surface area (Å²) in [4.78, 5) is 28.1. The fraction of sp³-hybridized carbons (Fsp3) is 0.833. The normalized spacial score (nSPS) is 17.8. The second kappa shape index (κ2) is 6.29. The number of carbonyl (C=O) groups is 2. The first-order valence-electron chi connectivity index (χ1n) is 6.47. The maximum atomic E-state index is 12.0. The third kappa shape index (κ3) is 6.06. The van der Waals surface area contributed by atoms with Gasteiger partial charge in [0.15, 0.2) is 6.61 Å². The van der Waals surface area contributed by atoms with E-state index in [1.54, 1.807) is 20.8 Å². The first-order chi connectivity index (χ1) is 9.82. The molecule has 1 fully saturated rings. The maximum Gasteiger partial charge on any atom is 0.413 e. The number of aliphatic carboxylic acids is 1. The van der Waals surface area contributed by atoms with Crippen LogP contribution >= 0.6 is 0 Å². The number of alkyl halides is 3. The molecule has 128 valence electrons.